The largest absolute Gasteiger partial charge is 0.322 e. The lowest BCUT2D eigenvalue weighted by Crippen LogP contribution is -2.14. The number of carbonyl (C=O) groups excluding carboxylic acids is 1. The lowest BCUT2D eigenvalue weighted by molar-refractivity contribution is 0.102. The molecular weight excluding hydrogens is 309 g/mol. The third-order valence-corrected chi connectivity index (χ3v) is 3.39. The van der Waals surface area contributed by atoms with E-state index in [0.717, 1.165) is 15.6 Å². The molecule has 0 fully saturated rings. The van der Waals surface area contributed by atoms with Gasteiger partial charge in [-0.1, -0.05) is 28.1 Å². The van der Waals surface area contributed by atoms with Gasteiger partial charge < -0.3 is 5.32 Å². The van der Waals surface area contributed by atoms with Gasteiger partial charge >= 0.3 is 0 Å². The van der Waals surface area contributed by atoms with E-state index < -0.39 is 5.82 Å². The van der Waals surface area contributed by atoms with Crippen LogP contribution in [0, 0.1) is 19.7 Å². The van der Waals surface area contributed by atoms with E-state index in [9.17, 15) is 9.18 Å². The normalized spacial score (nSPS) is 10.3. The van der Waals surface area contributed by atoms with E-state index in [0.29, 0.717) is 11.3 Å². The summed E-state index contributed by atoms with van der Waals surface area (Å²) in [6, 6.07) is 9.81. The summed E-state index contributed by atoms with van der Waals surface area (Å²) >= 11 is 3.36. The number of hydrogen-bond donors (Lipinski definition) is 1. The van der Waals surface area contributed by atoms with Crippen molar-refractivity contribution in [2.75, 3.05) is 5.32 Å². The fraction of sp³-hybridized carbons (Fsp3) is 0.133. The zero-order valence-corrected chi connectivity index (χ0v) is 12.2. The zero-order valence-electron chi connectivity index (χ0n) is 10.6. The van der Waals surface area contributed by atoms with Crippen LogP contribution < -0.4 is 5.32 Å². The smallest absolute Gasteiger partial charge is 0.256 e. The molecule has 0 aliphatic heterocycles. The molecule has 0 unspecified atom stereocenters. The molecule has 2 aromatic rings. The van der Waals surface area contributed by atoms with Crippen LogP contribution in [0.25, 0.3) is 0 Å². The van der Waals surface area contributed by atoms with Crippen LogP contribution in [0.2, 0.25) is 0 Å². The first-order valence-electron chi connectivity index (χ1n) is 5.81. The highest BCUT2D eigenvalue weighted by Crippen LogP contribution is 2.22. The molecule has 0 radical (unpaired) electrons. The van der Waals surface area contributed by atoms with Crippen molar-refractivity contribution in [2.24, 2.45) is 0 Å². The summed E-state index contributed by atoms with van der Waals surface area (Å²) < 4.78 is 14.1. The molecule has 0 aliphatic carbocycles. The highest BCUT2D eigenvalue weighted by molar-refractivity contribution is 9.10. The highest BCUT2D eigenvalue weighted by atomic mass is 79.9. The van der Waals surface area contributed by atoms with Crippen LogP contribution in [-0.2, 0) is 0 Å². The van der Waals surface area contributed by atoms with Gasteiger partial charge in [-0.15, -0.1) is 0 Å². The Labute approximate surface area is 119 Å². The molecule has 0 saturated carbocycles. The maximum atomic E-state index is 13.2. The molecule has 19 heavy (non-hydrogen) atoms. The molecule has 2 rings (SSSR count). The summed E-state index contributed by atoms with van der Waals surface area (Å²) in [7, 11) is 0. The number of hydrogen-bond acceptors (Lipinski definition) is 1. The van der Waals surface area contributed by atoms with Crippen LogP contribution in [0.3, 0.4) is 0 Å². The number of rotatable bonds is 2. The summed E-state index contributed by atoms with van der Waals surface area (Å²) in [6.45, 7) is 3.68. The Morgan fingerprint density at radius 2 is 1.79 bits per heavy atom. The van der Waals surface area contributed by atoms with E-state index in [-0.39, 0.29) is 5.91 Å². The topological polar surface area (TPSA) is 29.1 Å². The Bertz CT molecular complexity index is 640. The predicted molar refractivity (Wildman–Crippen MR) is 78.0 cm³/mol. The molecule has 4 heteroatoms. The fourth-order valence-corrected chi connectivity index (χ4v) is 2.12. The molecule has 0 aliphatic rings. The minimum absolute atomic E-state index is 0.307. The lowest BCUT2D eigenvalue weighted by Gasteiger charge is -2.10. The minimum Gasteiger partial charge on any atom is -0.322 e. The van der Waals surface area contributed by atoms with Crippen LogP contribution in [0.1, 0.15) is 21.5 Å². The molecule has 0 aromatic heterocycles. The van der Waals surface area contributed by atoms with Crippen molar-refractivity contribution < 1.29 is 9.18 Å². The van der Waals surface area contributed by atoms with Gasteiger partial charge in [-0.2, -0.15) is 0 Å². The fourth-order valence-electron chi connectivity index (χ4n) is 1.76. The van der Waals surface area contributed by atoms with Gasteiger partial charge in [-0.3, -0.25) is 4.79 Å². The number of amides is 1. The summed E-state index contributed by atoms with van der Waals surface area (Å²) in [5, 5.41) is 2.80. The number of nitrogens with one attached hydrogen (secondary N) is 1. The van der Waals surface area contributed by atoms with Crippen molar-refractivity contribution in [3.63, 3.8) is 0 Å². The van der Waals surface area contributed by atoms with Gasteiger partial charge in [0.2, 0.25) is 0 Å². The van der Waals surface area contributed by atoms with Crippen LogP contribution >= 0.6 is 15.9 Å². The maximum absolute atomic E-state index is 13.2. The van der Waals surface area contributed by atoms with Gasteiger partial charge in [-0.05, 0) is 49.2 Å². The van der Waals surface area contributed by atoms with E-state index in [4.69, 9.17) is 0 Å². The molecule has 0 saturated heterocycles. The first-order valence-corrected chi connectivity index (χ1v) is 6.60. The summed E-state index contributed by atoms with van der Waals surface area (Å²) in [5.41, 5.74) is 2.75. The van der Waals surface area contributed by atoms with Gasteiger partial charge in [-0.25, -0.2) is 4.39 Å². The van der Waals surface area contributed by atoms with Crippen LogP contribution in [-0.4, -0.2) is 5.91 Å². The minimum atomic E-state index is -0.415. The second kappa shape index (κ2) is 5.53. The third kappa shape index (κ3) is 3.20. The highest BCUT2D eigenvalue weighted by Gasteiger charge is 2.11. The molecule has 0 bridgehead atoms. The summed E-state index contributed by atoms with van der Waals surface area (Å²) in [5.74, 6) is -0.722. The zero-order chi connectivity index (χ0) is 14.0. The van der Waals surface area contributed by atoms with Crippen LogP contribution in [0.4, 0.5) is 10.1 Å². The Kier molecular flexibility index (Phi) is 4.00. The quantitative estimate of drug-likeness (QED) is 0.869. The SMILES string of the molecule is Cc1ccc(Br)cc1NC(=O)c1cc(F)ccc1C. The van der Waals surface area contributed by atoms with Gasteiger partial charge in [0.15, 0.2) is 0 Å². The molecular formula is C15H13BrFNO. The Morgan fingerprint density at radius 3 is 2.53 bits per heavy atom. The molecule has 0 atom stereocenters. The van der Waals surface area contributed by atoms with Gasteiger partial charge in [0.05, 0.1) is 0 Å². The summed E-state index contributed by atoms with van der Waals surface area (Å²) in [6.07, 6.45) is 0. The number of carbonyl (C=O) groups is 1. The first-order chi connectivity index (χ1) is 8.97. The Hall–Kier alpha value is -1.68. The molecule has 0 spiro atoms. The Balaban J connectivity index is 2.30. The Morgan fingerprint density at radius 1 is 1.11 bits per heavy atom. The number of aryl methyl sites for hydroxylation is 2. The van der Waals surface area contributed by atoms with Gasteiger partial charge in [0.1, 0.15) is 5.82 Å². The van der Waals surface area contributed by atoms with Crippen molar-refractivity contribution >= 4 is 27.5 Å². The average molecular weight is 322 g/mol. The molecule has 2 aromatic carbocycles. The maximum Gasteiger partial charge on any atom is 0.256 e. The van der Waals surface area contributed by atoms with Crippen molar-refractivity contribution in [3.8, 4) is 0 Å². The second-order valence-electron chi connectivity index (χ2n) is 4.37. The third-order valence-electron chi connectivity index (χ3n) is 2.89. The van der Waals surface area contributed by atoms with E-state index in [1.807, 2.05) is 25.1 Å². The van der Waals surface area contributed by atoms with E-state index >= 15 is 0 Å². The standard InChI is InChI=1S/C15H13BrFNO/c1-9-4-6-12(17)8-13(9)15(19)18-14-7-11(16)5-3-10(14)2/h3-8H,1-2H3,(H,18,19). The number of halogens is 2. The van der Waals surface area contributed by atoms with Crippen molar-refractivity contribution in [1.29, 1.82) is 0 Å². The first kappa shape index (κ1) is 13.7. The number of anilines is 1. The van der Waals surface area contributed by atoms with Gasteiger partial charge in [0.25, 0.3) is 5.91 Å². The molecule has 2 nitrogen and oxygen atoms in total. The van der Waals surface area contributed by atoms with Crippen molar-refractivity contribution in [2.45, 2.75) is 13.8 Å². The van der Waals surface area contributed by atoms with E-state index in [1.165, 1.54) is 12.1 Å². The summed E-state index contributed by atoms with van der Waals surface area (Å²) in [4.78, 5) is 12.2. The molecule has 98 valence electrons. The van der Waals surface area contributed by atoms with Gasteiger partial charge in [0, 0.05) is 15.7 Å². The molecule has 1 N–H and O–H groups in total. The predicted octanol–water partition coefficient (Wildman–Crippen LogP) is 4.46. The van der Waals surface area contributed by atoms with Crippen LogP contribution in [0.5, 0.6) is 0 Å². The monoisotopic (exact) mass is 321 g/mol. The van der Waals surface area contributed by atoms with Crippen LogP contribution in [0.15, 0.2) is 40.9 Å². The second-order valence-corrected chi connectivity index (χ2v) is 5.29. The number of benzene rings is 2. The molecule has 0 heterocycles. The van der Waals surface area contributed by atoms with Crippen molar-refractivity contribution in [1.82, 2.24) is 0 Å². The average Bonchev–Trinajstić information content (AvgIpc) is 2.36. The molecule has 1 amide bonds. The van der Waals surface area contributed by atoms with E-state index in [2.05, 4.69) is 21.2 Å². The van der Waals surface area contributed by atoms with E-state index in [1.54, 1.807) is 13.0 Å². The lowest BCUT2D eigenvalue weighted by atomic mass is 10.1. The van der Waals surface area contributed by atoms with Crippen molar-refractivity contribution in [3.05, 3.63) is 63.4 Å².